The Labute approximate surface area is 158 Å². The zero-order valence-electron chi connectivity index (χ0n) is 14.4. The molecule has 1 aromatic rings. The van der Waals surface area contributed by atoms with Crippen molar-refractivity contribution >= 4 is 31.7 Å². The van der Waals surface area contributed by atoms with Crippen LogP contribution in [0.3, 0.4) is 0 Å². The van der Waals surface area contributed by atoms with Gasteiger partial charge in [0.15, 0.2) is 9.84 Å². The molecule has 2 saturated heterocycles. The molecule has 5 nitrogen and oxygen atoms in total. The van der Waals surface area contributed by atoms with Crippen molar-refractivity contribution in [2.24, 2.45) is 0 Å². The molecule has 0 aliphatic carbocycles. The summed E-state index contributed by atoms with van der Waals surface area (Å²) in [7, 11) is -3.33. The molecule has 0 spiro atoms. The van der Waals surface area contributed by atoms with Gasteiger partial charge >= 0.3 is 0 Å². The van der Waals surface area contributed by atoms with E-state index < -0.39 is 9.84 Å². The van der Waals surface area contributed by atoms with Crippen LogP contribution >= 0.6 is 15.9 Å². The maximum Gasteiger partial charge on any atom is 0.239 e. The van der Waals surface area contributed by atoms with Crippen LogP contribution in [0, 0.1) is 0 Å². The third kappa shape index (κ3) is 4.63. The normalized spacial score (nSPS) is 22.3. The third-order valence-corrected chi connectivity index (χ3v) is 7.38. The molecule has 1 unspecified atom stereocenters. The molecule has 0 aromatic heterocycles. The molecule has 2 aliphatic rings. The van der Waals surface area contributed by atoms with Crippen LogP contribution in [-0.4, -0.2) is 62.1 Å². The van der Waals surface area contributed by atoms with Crippen LogP contribution in [0.2, 0.25) is 0 Å². The maximum absolute atomic E-state index is 12.8. The lowest BCUT2D eigenvalue weighted by Crippen LogP contribution is -2.51. The van der Waals surface area contributed by atoms with Gasteiger partial charge in [0, 0.05) is 24.1 Å². The summed E-state index contributed by atoms with van der Waals surface area (Å²) in [5.74, 6) is 0.247. The summed E-state index contributed by atoms with van der Waals surface area (Å²) in [6, 6.07) is 6.60. The summed E-state index contributed by atoms with van der Waals surface area (Å²) in [4.78, 5) is 17.1. The molecule has 0 radical (unpaired) electrons. The van der Waals surface area contributed by atoms with Crippen molar-refractivity contribution in [1.29, 1.82) is 0 Å². The largest absolute Gasteiger partial charge is 0.341 e. The van der Waals surface area contributed by atoms with E-state index in [-0.39, 0.29) is 17.7 Å². The average molecular weight is 429 g/mol. The fourth-order valence-corrected chi connectivity index (χ4v) is 5.21. The molecule has 1 aromatic carbocycles. The summed E-state index contributed by atoms with van der Waals surface area (Å²) in [6.07, 6.45) is 5.07. The van der Waals surface area contributed by atoms with E-state index in [0.717, 1.165) is 56.2 Å². The van der Waals surface area contributed by atoms with Gasteiger partial charge in [-0.15, -0.1) is 0 Å². The molecule has 0 saturated carbocycles. The number of amides is 1. The number of likely N-dealkylation sites (tertiary alicyclic amines) is 2. The molecule has 2 fully saturated rings. The minimum Gasteiger partial charge on any atom is -0.341 e. The van der Waals surface area contributed by atoms with Gasteiger partial charge in [-0.3, -0.25) is 9.69 Å². The second-order valence-corrected chi connectivity index (χ2v) is 9.88. The minimum atomic E-state index is -3.33. The number of halogens is 1. The van der Waals surface area contributed by atoms with Gasteiger partial charge in [-0.05, 0) is 56.5 Å². The van der Waals surface area contributed by atoms with Crippen molar-refractivity contribution < 1.29 is 13.2 Å². The number of hydrogen-bond donors (Lipinski definition) is 0. The first-order chi connectivity index (χ1) is 12.0. The number of rotatable bonds is 5. The summed E-state index contributed by atoms with van der Waals surface area (Å²) in [5.41, 5.74) is 0. The average Bonchev–Trinajstić information content (AvgIpc) is 3.15. The van der Waals surface area contributed by atoms with E-state index in [1.54, 1.807) is 24.3 Å². The molecule has 0 bridgehead atoms. The Morgan fingerprint density at radius 2 is 1.68 bits per heavy atom. The fraction of sp³-hybridized carbons (Fsp3) is 0.611. The van der Waals surface area contributed by atoms with Gasteiger partial charge in [0.25, 0.3) is 0 Å². The number of benzene rings is 1. The van der Waals surface area contributed by atoms with Crippen molar-refractivity contribution in [3.63, 3.8) is 0 Å². The monoisotopic (exact) mass is 428 g/mol. The quantitative estimate of drug-likeness (QED) is 0.723. The molecular formula is C18H25BrN2O3S. The lowest BCUT2D eigenvalue weighted by Gasteiger charge is -2.36. The highest BCUT2D eigenvalue weighted by Gasteiger charge is 2.33. The smallest absolute Gasteiger partial charge is 0.239 e. The van der Waals surface area contributed by atoms with Crippen LogP contribution < -0.4 is 0 Å². The summed E-state index contributed by atoms with van der Waals surface area (Å²) in [6.45, 7) is 2.92. The topological polar surface area (TPSA) is 57.7 Å². The first-order valence-corrected chi connectivity index (χ1v) is 11.4. The van der Waals surface area contributed by atoms with Gasteiger partial charge in [0.2, 0.25) is 5.91 Å². The molecule has 2 heterocycles. The number of nitrogens with zero attached hydrogens (tertiary/aromatic N) is 2. The lowest BCUT2D eigenvalue weighted by molar-refractivity contribution is -0.137. The van der Waals surface area contributed by atoms with Gasteiger partial charge in [-0.25, -0.2) is 8.42 Å². The second-order valence-electron chi connectivity index (χ2n) is 6.85. The highest BCUT2D eigenvalue weighted by atomic mass is 79.9. The van der Waals surface area contributed by atoms with Crippen molar-refractivity contribution in [2.45, 2.75) is 43.0 Å². The fourth-order valence-electron chi connectivity index (χ4n) is 3.68. The predicted octanol–water partition coefficient (Wildman–Crippen LogP) is 2.70. The van der Waals surface area contributed by atoms with Crippen LogP contribution in [0.25, 0.3) is 0 Å². The molecule has 2 aliphatic heterocycles. The first-order valence-electron chi connectivity index (χ1n) is 8.98. The maximum atomic E-state index is 12.8. The standard InChI is InChI=1S/C18H25BrN2O3S/c19-15-6-8-16(9-7-15)25(23,24)14-13-20-10-2-1-5-17(20)18(22)21-11-3-4-12-21/h6-9,17H,1-5,10-14H2. The van der Waals surface area contributed by atoms with Crippen LogP contribution in [0.4, 0.5) is 0 Å². The van der Waals surface area contributed by atoms with Crippen LogP contribution in [0.5, 0.6) is 0 Å². The van der Waals surface area contributed by atoms with E-state index >= 15 is 0 Å². The zero-order chi connectivity index (χ0) is 17.9. The van der Waals surface area contributed by atoms with Crippen molar-refractivity contribution in [3.05, 3.63) is 28.7 Å². The molecule has 7 heteroatoms. The number of carbonyl (C=O) groups is 1. The highest BCUT2D eigenvalue weighted by Crippen LogP contribution is 2.22. The van der Waals surface area contributed by atoms with Crippen LogP contribution in [0.1, 0.15) is 32.1 Å². The molecule has 1 amide bonds. The minimum absolute atomic E-state index is 0.0540. The Morgan fingerprint density at radius 1 is 1.04 bits per heavy atom. The van der Waals surface area contributed by atoms with Gasteiger partial charge in [-0.1, -0.05) is 22.4 Å². The van der Waals surface area contributed by atoms with Crippen LogP contribution in [0.15, 0.2) is 33.6 Å². The van der Waals surface area contributed by atoms with Crippen molar-refractivity contribution in [2.75, 3.05) is 31.9 Å². The molecule has 3 rings (SSSR count). The summed E-state index contributed by atoms with van der Waals surface area (Å²) in [5, 5.41) is 0. The second kappa shape index (κ2) is 8.18. The number of piperidine rings is 1. The van der Waals surface area contributed by atoms with Crippen molar-refractivity contribution in [3.8, 4) is 0 Å². The SMILES string of the molecule is O=C(C1CCCCN1CCS(=O)(=O)c1ccc(Br)cc1)N1CCCC1. The molecule has 25 heavy (non-hydrogen) atoms. The number of carbonyl (C=O) groups excluding carboxylic acids is 1. The Kier molecular flexibility index (Phi) is 6.17. The highest BCUT2D eigenvalue weighted by molar-refractivity contribution is 9.10. The first kappa shape index (κ1) is 18.9. The molecule has 138 valence electrons. The van der Waals surface area contributed by atoms with Crippen LogP contribution in [-0.2, 0) is 14.6 Å². The Morgan fingerprint density at radius 3 is 2.36 bits per heavy atom. The van der Waals surface area contributed by atoms with Gasteiger partial charge < -0.3 is 4.90 Å². The Hall–Kier alpha value is -0.920. The Balaban J connectivity index is 1.65. The van der Waals surface area contributed by atoms with E-state index in [2.05, 4.69) is 20.8 Å². The van der Waals surface area contributed by atoms with E-state index in [1.807, 2.05) is 4.90 Å². The molecule has 1 atom stereocenters. The van der Waals surface area contributed by atoms with Crippen molar-refractivity contribution in [1.82, 2.24) is 9.80 Å². The van der Waals surface area contributed by atoms with Gasteiger partial charge in [0.1, 0.15) is 0 Å². The van der Waals surface area contributed by atoms with E-state index in [1.165, 1.54) is 0 Å². The predicted molar refractivity (Wildman–Crippen MR) is 101 cm³/mol. The summed E-state index contributed by atoms with van der Waals surface area (Å²) < 4.78 is 26.0. The van der Waals surface area contributed by atoms with E-state index in [9.17, 15) is 13.2 Å². The van der Waals surface area contributed by atoms with Gasteiger partial charge in [0.05, 0.1) is 16.7 Å². The molecule has 0 N–H and O–H groups in total. The van der Waals surface area contributed by atoms with E-state index in [0.29, 0.717) is 11.4 Å². The summed E-state index contributed by atoms with van der Waals surface area (Å²) >= 11 is 3.32. The number of sulfone groups is 1. The van der Waals surface area contributed by atoms with E-state index in [4.69, 9.17) is 0 Å². The zero-order valence-corrected chi connectivity index (χ0v) is 16.8. The lowest BCUT2D eigenvalue weighted by atomic mass is 10.0. The Bertz CT molecular complexity index is 700. The molecular weight excluding hydrogens is 404 g/mol. The third-order valence-electron chi connectivity index (χ3n) is 5.14. The van der Waals surface area contributed by atoms with Gasteiger partial charge in [-0.2, -0.15) is 0 Å². The number of hydrogen-bond acceptors (Lipinski definition) is 4.